The molecule has 0 saturated carbocycles. The van der Waals surface area contributed by atoms with Gasteiger partial charge in [-0.2, -0.15) is 0 Å². The first-order valence-electron chi connectivity index (χ1n) is 6.94. The van der Waals surface area contributed by atoms with Crippen LogP contribution < -0.4 is 5.32 Å². The Morgan fingerprint density at radius 1 is 1.27 bits per heavy atom. The summed E-state index contributed by atoms with van der Waals surface area (Å²) in [6.07, 6.45) is 0. The van der Waals surface area contributed by atoms with E-state index >= 15 is 0 Å². The molecule has 0 spiro atoms. The van der Waals surface area contributed by atoms with Crippen molar-refractivity contribution in [1.29, 1.82) is 0 Å². The molecule has 1 N–H and O–H groups in total. The predicted octanol–water partition coefficient (Wildman–Crippen LogP) is 4.07. The van der Waals surface area contributed by atoms with Gasteiger partial charge in [-0.25, -0.2) is 4.39 Å². The van der Waals surface area contributed by atoms with Crippen molar-refractivity contribution in [2.45, 2.75) is 20.0 Å². The van der Waals surface area contributed by atoms with Gasteiger partial charge >= 0.3 is 0 Å². The molecule has 0 aliphatic carbocycles. The lowest BCUT2D eigenvalue weighted by Gasteiger charge is -2.16. The molecular formula is C17H18ClFN2O. The summed E-state index contributed by atoms with van der Waals surface area (Å²) < 4.78 is 13.7. The van der Waals surface area contributed by atoms with Gasteiger partial charge in [0.2, 0.25) is 5.91 Å². The lowest BCUT2D eigenvalue weighted by molar-refractivity contribution is -0.128. The Bertz CT molecular complexity index is 675. The molecule has 22 heavy (non-hydrogen) atoms. The molecule has 2 aromatic rings. The van der Waals surface area contributed by atoms with Crippen molar-refractivity contribution in [2.24, 2.45) is 0 Å². The van der Waals surface area contributed by atoms with E-state index in [2.05, 4.69) is 5.32 Å². The van der Waals surface area contributed by atoms with Gasteiger partial charge in [-0.15, -0.1) is 0 Å². The van der Waals surface area contributed by atoms with Crippen LogP contribution in [0.25, 0.3) is 0 Å². The average molecular weight is 321 g/mol. The Morgan fingerprint density at radius 2 is 2.05 bits per heavy atom. The van der Waals surface area contributed by atoms with Crippen LogP contribution in [-0.2, 0) is 17.9 Å². The van der Waals surface area contributed by atoms with Crippen LogP contribution in [0.3, 0.4) is 0 Å². The molecule has 3 nitrogen and oxygen atoms in total. The molecule has 0 radical (unpaired) electrons. The van der Waals surface area contributed by atoms with E-state index in [1.165, 1.54) is 19.1 Å². The second kappa shape index (κ2) is 7.27. The van der Waals surface area contributed by atoms with Crippen molar-refractivity contribution in [3.8, 4) is 0 Å². The molecule has 0 saturated heterocycles. The number of nitrogens with one attached hydrogen (secondary N) is 1. The highest BCUT2D eigenvalue weighted by Crippen LogP contribution is 2.18. The van der Waals surface area contributed by atoms with E-state index in [1.807, 2.05) is 24.3 Å². The molecule has 1 amide bonds. The average Bonchev–Trinajstić information content (AvgIpc) is 2.48. The summed E-state index contributed by atoms with van der Waals surface area (Å²) in [6, 6.07) is 12.2. The third kappa shape index (κ3) is 4.46. The van der Waals surface area contributed by atoms with Gasteiger partial charge in [0, 0.05) is 43.3 Å². The van der Waals surface area contributed by atoms with Crippen LogP contribution in [0.2, 0.25) is 5.02 Å². The molecule has 0 aromatic heterocycles. The van der Waals surface area contributed by atoms with Crippen LogP contribution in [0.15, 0.2) is 42.5 Å². The summed E-state index contributed by atoms with van der Waals surface area (Å²) in [5.74, 6) is -0.274. The first-order chi connectivity index (χ1) is 10.5. The third-order valence-corrected chi connectivity index (χ3v) is 3.61. The van der Waals surface area contributed by atoms with Crippen LogP contribution in [-0.4, -0.2) is 17.9 Å². The zero-order valence-corrected chi connectivity index (χ0v) is 13.3. The van der Waals surface area contributed by atoms with Gasteiger partial charge in [-0.05, 0) is 35.9 Å². The quantitative estimate of drug-likeness (QED) is 0.900. The molecule has 0 bridgehead atoms. The van der Waals surface area contributed by atoms with Crippen LogP contribution in [0, 0.1) is 5.82 Å². The SMILES string of the molecule is CC(=O)N(C)Cc1cccc(NCc2cc(Cl)ccc2F)c1. The molecular weight excluding hydrogens is 303 g/mol. The van der Waals surface area contributed by atoms with E-state index in [4.69, 9.17) is 11.6 Å². The molecule has 0 unspecified atom stereocenters. The number of benzene rings is 2. The highest BCUT2D eigenvalue weighted by atomic mass is 35.5. The van der Waals surface area contributed by atoms with Gasteiger partial charge in [0.15, 0.2) is 0 Å². The van der Waals surface area contributed by atoms with Gasteiger partial charge in [0.25, 0.3) is 0 Å². The normalized spacial score (nSPS) is 10.4. The van der Waals surface area contributed by atoms with E-state index < -0.39 is 0 Å². The zero-order chi connectivity index (χ0) is 16.1. The van der Waals surface area contributed by atoms with E-state index in [0.29, 0.717) is 23.7 Å². The van der Waals surface area contributed by atoms with E-state index in [1.54, 1.807) is 18.0 Å². The molecule has 5 heteroatoms. The second-order valence-corrected chi connectivity index (χ2v) is 5.60. The van der Waals surface area contributed by atoms with Crippen LogP contribution >= 0.6 is 11.6 Å². The first kappa shape index (κ1) is 16.3. The molecule has 0 aliphatic heterocycles. The molecule has 0 heterocycles. The second-order valence-electron chi connectivity index (χ2n) is 5.16. The van der Waals surface area contributed by atoms with Crippen molar-refractivity contribution in [3.05, 3.63) is 64.4 Å². The molecule has 0 aliphatic rings. The van der Waals surface area contributed by atoms with Gasteiger partial charge < -0.3 is 10.2 Å². The maximum atomic E-state index is 13.7. The fraction of sp³-hybridized carbons (Fsp3) is 0.235. The molecule has 0 fully saturated rings. The monoisotopic (exact) mass is 320 g/mol. The number of halogens is 2. The number of carbonyl (C=O) groups excluding carboxylic acids is 1. The Hall–Kier alpha value is -2.07. The minimum Gasteiger partial charge on any atom is -0.381 e. The van der Waals surface area contributed by atoms with Crippen molar-refractivity contribution in [3.63, 3.8) is 0 Å². The van der Waals surface area contributed by atoms with E-state index in [-0.39, 0.29) is 11.7 Å². The highest BCUT2D eigenvalue weighted by Gasteiger charge is 2.05. The first-order valence-corrected chi connectivity index (χ1v) is 7.32. The lowest BCUT2D eigenvalue weighted by Crippen LogP contribution is -2.23. The van der Waals surface area contributed by atoms with Crippen molar-refractivity contribution >= 4 is 23.2 Å². The van der Waals surface area contributed by atoms with Crippen molar-refractivity contribution in [2.75, 3.05) is 12.4 Å². The summed E-state index contributed by atoms with van der Waals surface area (Å²) in [5.41, 5.74) is 2.39. The summed E-state index contributed by atoms with van der Waals surface area (Å²) in [6.45, 7) is 2.42. The Kier molecular flexibility index (Phi) is 5.39. The lowest BCUT2D eigenvalue weighted by atomic mass is 10.1. The number of hydrogen-bond donors (Lipinski definition) is 1. The van der Waals surface area contributed by atoms with Crippen LogP contribution in [0.1, 0.15) is 18.1 Å². The number of nitrogens with zero attached hydrogens (tertiary/aromatic N) is 1. The van der Waals surface area contributed by atoms with Crippen LogP contribution in [0.5, 0.6) is 0 Å². The summed E-state index contributed by atoms with van der Waals surface area (Å²) in [4.78, 5) is 12.9. The predicted molar refractivity (Wildman–Crippen MR) is 87.3 cm³/mol. The molecule has 2 rings (SSSR count). The highest BCUT2D eigenvalue weighted by molar-refractivity contribution is 6.30. The Morgan fingerprint density at radius 3 is 2.77 bits per heavy atom. The summed E-state index contributed by atoms with van der Waals surface area (Å²) in [5, 5.41) is 3.68. The summed E-state index contributed by atoms with van der Waals surface area (Å²) >= 11 is 5.88. The minimum atomic E-state index is -0.288. The maximum absolute atomic E-state index is 13.7. The topological polar surface area (TPSA) is 32.3 Å². The Balaban J connectivity index is 2.04. The van der Waals surface area contributed by atoms with Gasteiger partial charge in [-0.1, -0.05) is 23.7 Å². The standard InChI is InChI=1S/C17H18ClFN2O/c1-12(22)21(2)11-13-4-3-5-16(8-13)20-10-14-9-15(18)6-7-17(14)19/h3-9,20H,10-11H2,1-2H3. The fourth-order valence-corrected chi connectivity index (χ4v) is 2.24. The van der Waals surface area contributed by atoms with Gasteiger partial charge in [-0.3, -0.25) is 4.79 Å². The van der Waals surface area contributed by atoms with Crippen molar-refractivity contribution < 1.29 is 9.18 Å². The van der Waals surface area contributed by atoms with Crippen molar-refractivity contribution in [1.82, 2.24) is 4.90 Å². The molecule has 2 aromatic carbocycles. The van der Waals surface area contributed by atoms with Gasteiger partial charge in [0.05, 0.1) is 0 Å². The largest absolute Gasteiger partial charge is 0.381 e. The number of anilines is 1. The number of hydrogen-bond acceptors (Lipinski definition) is 2. The van der Waals surface area contributed by atoms with E-state index in [0.717, 1.165) is 11.3 Å². The zero-order valence-electron chi connectivity index (χ0n) is 12.6. The Labute approximate surface area is 134 Å². The molecule has 0 atom stereocenters. The number of amides is 1. The van der Waals surface area contributed by atoms with Gasteiger partial charge in [0.1, 0.15) is 5.82 Å². The van der Waals surface area contributed by atoms with E-state index in [9.17, 15) is 9.18 Å². The molecule has 116 valence electrons. The smallest absolute Gasteiger partial charge is 0.219 e. The summed E-state index contributed by atoms with van der Waals surface area (Å²) in [7, 11) is 1.75. The van der Waals surface area contributed by atoms with Crippen LogP contribution in [0.4, 0.5) is 10.1 Å². The third-order valence-electron chi connectivity index (χ3n) is 3.38. The minimum absolute atomic E-state index is 0.0133. The number of carbonyl (C=O) groups is 1. The maximum Gasteiger partial charge on any atom is 0.219 e. The number of rotatable bonds is 5. The fourth-order valence-electron chi connectivity index (χ4n) is 2.04.